The van der Waals surface area contributed by atoms with Crippen LogP contribution < -0.4 is 0 Å². The number of hydrogen-bond acceptors (Lipinski definition) is 2. The summed E-state index contributed by atoms with van der Waals surface area (Å²) in [5.41, 5.74) is 3.16. The lowest BCUT2D eigenvalue weighted by Crippen LogP contribution is -1.94. The molecule has 0 amide bonds. The quantitative estimate of drug-likeness (QED) is 0.722. The monoisotopic (exact) mass is 185 g/mol. The Morgan fingerprint density at radius 2 is 2.29 bits per heavy atom. The zero-order chi connectivity index (χ0) is 9.28. The minimum Gasteiger partial charge on any atom is -0.267 e. The summed E-state index contributed by atoms with van der Waals surface area (Å²) in [5.74, 6) is 3.50. The van der Waals surface area contributed by atoms with Gasteiger partial charge in [-0.25, -0.2) is 0 Å². The van der Waals surface area contributed by atoms with E-state index in [1.165, 1.54) is 24.1 Å². The molecule has 0 spiro atoms. The number of fused-ring (bicyclic) bond motifs is 3. The summed E-state index contributed by atoms with van der Waals surface area (Å²) in [6, 6.07) is 2.19. The average Bonchev–Trinajstić information content (AvgIpc) is 3.04. The molecule has 1 aromatic heterocycles. The molecule has 3 heteroatoms. The molecule has 70 valence electrons. The zero-order valence-corrected chi connectivity index (χ0v) is 7.83. The summed E-state index contributed by atoms with van der Waals surface area (Å²) >= 11 is 0. The van der Waals surface area contributed by atoms with Gasteiger partial charge in [0, 0.05) is 11.5 Å². The van der Waals surface area contributed by atoms with E-state index in [9.17, 15) is 0 Å². The van der Waals surface area contributed by atoms with Crippen LogP contribution in [0.25, 0.3) is 0 Å². The highest BCUT2D eigenvalue weighted by molar-refractivity contribution is 5.46. The summed E-state index contributed by atoms with van der Waals surface area (Å²) in [7, 11) is 0. The van der Waals surface area contributed by atoms with Crippen LogP contribution in [-0.4, -0.2) is 10.2 Å². The lowest BCUT2D eigenvalue weighted by Gasteiger charge is -1.99. The Hall–Kier alpha value is -1.30. The minimum atomic E-state index is 0.710. The molecule has 0 radical (unpaired) electrons. The van der Waals surface area contributed by atoms with Crippen molar-refractivity contribution in [3.05, 3.63) is 17.0 Å². The number of H-pyrrole nitrogens is 1. The standard InChI is InChI=1S/C11H11N3/c12-4-8-6-3-7-9(5-1-2-5)10(7)11(6)14-13-8/h5,7,9-10H,1-3H2,(H,13,14). The highest BCUT2D eigenvalue weighted by Gasteiger charge is 2.62. The van der Waals surface area contributed by atoms with Gasteiger partial charge in [0.25, 0.3) is 0 Å². The number of hydrogen-bond donors (Lipinski definition) is 1. The second-order valence-corrected chi connectivity index (χ2v) is 4.88. The van der Waals surface area contributed by atoms with Crippen LogP contribution >= 0.6 is 0 Å². The van der Waals surface area contributed by atoms with Gasteiger partial charge in [-0.2, -0.15) is 10.4 Å². The Bertz CT molecular complexity index is 450. The highest BCUT2D eigenvalue weighted by Crippen LogP contribution is 2.68. The number of nitrogens with one attached hydrogen (secondary N) is 1. The summed E-state index contributed by atoms with van der Waals surface area (Å²) < 4.78 is 0. The maximum Gasteiger partial charge on any atom is 0.138 e. The van der Waals surface area contributed by atoms with Crippen LogP contribution in [0.5, 0.6) is 0 Å². The fourth-order valence-corrected chi connectivity index (χ4v) is 3.36. The zero-order valence-electron chi connectivity index (χ0n) is 7.83. The fourth-order valence-electron chi connectivity index (χ4n) is 3.36. The summed E-state index contributed by atoms with van der Waals surface area (Å²) in [6.07, 6.45) is 3.98. The second-order valence-electron chi connectivity index (χ2n) is 4.88. The number of aromatic amines is 1. The van der Waals surface area contributed by atoms with Crippen molar-refractivity contribution < 1.29 is 0 Å². The second kappa shape index (κ2) is 2.03. The molecule has 3 nitrogen and oxygen atoms in total. The van der Waals surface area contributed by atoms with Gasteiger partial charge in [-0.05, 0) is 37.0 Å². The Labute approximate surface area is 82.1 Å². The number of rotatable bonds is 1. The van der Waals surface area contributed by atoms with Crippen LogP contribution in [-0.2, 0) is 6.42 Å². The first-order valence-corrected chi connectivity index (χ1v) is 5.37. The van der Waals surface area contributed by atoms with E-state index in [0.29, 0.717) is 5.69 Å². The third kappa shape index (κ3) is 0.672. The van der Waals surface area contributed by atoms with Crippen LogP contribution in [0.3, 0.4) is 0 Å². The molecule has 0 aromatic carbocycles. The van der Waals surface area contributed by atoms with Crippen LogP contribution in [0.1, 0.15) is 35.7 Å². The van der Waals surface area contributed by atoms with Gasteiger partial charge >= 0.3 is 0 Å². The van der Waals surface area contributed by atoms with Gasteiger partial charge < -0.3 is 0 Å². The molecular formula is C11H11N3. The van der Waals surface area contributed by atoms with Crippen molar-refractivity contribution in [2.75, 3.05) is 0 Å². The third-order valence-corrected chi connectivity index (χ3v) is 4.16. The van der Waals surface area contributed by atoms with E-state index in [1.54, 1.807) is 0 Å². The molecule has 1 N–H and O–H groups in total. The van der Waals surface area contributed by atoms with Gasteiger partial charge in [-0.15, -0.1) is 0 Å². The number of aromatic nitrogens is 2. The Balaban J connectivity index is 1.74. The molecule has 3 atom stereocenters. The average molecular weight is 185 g/mol. The van der Waals surface area contributed by atoms with Gasteiger partial charge in [0.1, 0.15) is 11.8 Å². The predicted octanol–water partition coefficient (Wildman–Crippen LogP) is 1.58. The fraction of sp³-hybridized carbons (Fsp3) is 0.636. The van der Waals surface area contributed by atoms with E-state index in [2.05, 4.69) is 16.3 Å². The van der Waals surface area contributed by atoms with Gasteiger partial charge in [0.05, 0.1) is 5.69 Å². The van der Waals surface area contributed by atoms with Crippen molar-refractivity contribution in [2.24, 2.45) is 17.8 Å². The first-order chi connectivity index (χ1) is 6.90. The molecule has 3 unspecified atom stereocenters. The maximum atomic E-state index is 8.86. The molecule has 1 aromatic rings. The topological polar surface area (TPSA) is 52.5 Å². The summed E-state index contributed by atoms with van der Waals surface area (Å²) in [4.78, 5) is 0. The number of nitriles is 1. The highest BCUT2D eigenvalue weighted by atomic mass is 15.1. The molecule has 0 bridgehead atoms. The van der Waals surface area contributed by atoms with E-state index in [-0.39, 0.29) is 0 Å². The Morgan fingerprint density at radius 3 is 3.00 bits per heavy atom. The molecule has 2 saturated carbocycles. The Morgan fingerprint density at radius 1 is 1.43 bits per heavy atom. The van der Waals surface area contributed by atoms with Crippen molar-refractivity contribution >= 4 is 0 Å². The van der Waals surface area contributed by atoms with Crippen LogP contribution in [0.2, 0.25) is 0 Å². The summed E-state index contributed by atoms with van der Waals surface area (Å²) in [5, 5.41) is 16.0. The van der Waals surface area contributed by atoms with Crippen LogP contribution in [0.4, 0.5) is 0 Å². The predicted molar refractivity (Wildman–Crippen MR) is 49.5 cm³/mol. The molecule has 0 aliphatic heterocycles. The van der Waals surface area contributed by atoms with E-state index in [1.807, 2.05) is 0 Å². The lowest BCUT2D eigenvalue weighted by molar-refractivity contribution is 0.613. The Kier molecular flexibility index (Phi) is 1.02. The van der Waals surface area contributed by atoms with Gasteiger partial charge in [-0.1, -0.05) is 0 Å². The number of nitrogens with zero attached hydrogens (tertiary/aromatic N) is 2. The molecule has 14 heavy (non-hydrogen) atoms. The van der Waals surface area contributed by atoms with E-state index >= 15 is 0 Å². The SMILES string of the molecule is N#Cc1[nH]nc2c1CC1C2C1C1CC1. The molecular weight excluding hydrogens is 174 g/mol. The smallest absolute Gasteiger partial charge is 0.138 e. The first kappa shape index (κ1) is 7.05. The lowest BCUT2D eigenvalue weighted by atomic mass is 10.0. The van der Waals surface area contributed by atoms with Crippen molar-refractivity contribution in [1.82, 2.24) is 10.2 Å². The van der Waals surface area contributed by atoms with Crippen LogP contribution in [0.15, 0.2) is 0 Å². The third-order valence-electron chi connectivity index (χ3n) is 4.16. The molecule has 3 aliphatic rings. The van der Waals surface area contributed by atoms with Gasteiger partial charge in [-0.3, -0.25) is 5.10 Å². The normalized spacial score (nSPS) is 37.5. The largest absolute Gasteiger partial charge is 0.267 e. The molecule has 3 aliphatic carbocycles. The first-order valence-electron chi connectivity index (χ1n) is 5.37. The van der Waals surface area contributed by atoms with Crippen LogP contribution in [0, 0.1) is 29.1 Å². The van der Waals surface area contributed by atoms with Crippen molar-refractivity contribution in [3.63, 3.8) is 0 Å². The molecule has 2 fully saturated rings. The van der Waals surface area contributed by atoms with E-state index in [4.69, 9.17) is 5.26 Å². The van der Waals surface area contributed by atoms with Gasteiger partial charge in [0.2, 0.25) is 0 Å². The minimum absolute atomic E-state index is 0.710. The van der Waals surface area contributed by atoms with E-state index in [0.717, 1.165) is 30.1 Å². The molecule has 4 rings (SSSR count). The molecule has 1 heterocycles. The van der Waals surface area contributed by atoms with Crippen molar-refractivity contribution in [2.45, 2.75) is 25.2 Å². The maximum absolute atomic E-state index is 8.86. The van der Waals surface area contributed by atoms with E-state index < -0.39 is 0 Å². The van der Waals surface area contributed by atoms with Crippen molar-refractivity contribution in [1.29, 1.82) is 5.26 Å². The summed E-state index contributed by atoms with van der Waals surface area (Å²) in [6.45, 7) is 0. The van der Waals surface area contributed by atoms with Gasteiger partial charge in [0.15, 0.2) is 0 Å². The van der Waals surface area contributed by atoms with Crippen molar-refractivity contribution in [3.8, 4) is 6.07 Å². The molecule has 0 saturated heterocycles.